The van der Waals surface area contributed by atoms with Gasteiger partial charge in [-0.1, -0.05) is 12.8 Å². The SMILES string of the molecule is Cc1nc2sccn2c1C(=O)NN1C(=O)CSC12CCCC2. The molecule has 0 aromatic carbocycles. The lowest BCUT2D eigenvalue weighted by molar-refractivity contribution is -0.132. The number of aromatic nitrogens is 2. The van der Waals surface area contributed by atoms with Gasteiger partial charge in [-0.15, -0.1) is 23.1 Å². The van der Waals surface area contributed by atoms with E-state index in [1.807, 2.05) is 18.5 Å². The van der Waals surface area contributed by atoms with Crippen LogP contribution in [0.5, 0.6) is 0 Å². The molecule has 2 aliphatic rings. The second-order valence-electron chi connectivity index (χ2n) is 5.71. The number of nitrogens with one attached hydrogen (secondary N) is 1. The molecule has 4 rings (SSSR count). The first kappa shape index (κ1) is 14.1. The van der Waals surface area contributed by atoms with Crippen LogP contribution in [-0.4, -0.2) is 36.8 Å². The zero-order valence-corrected chi connectivity index (χ0v) is 13.8. The third-order valence-corrected chi connectivity index (χ3v) is 6.65. The van der Waals surface area contributed by atoms with Crippen LogP contribution < -0.4 is 5.43 Å². The van der Waals surface area contributed by atoms with Crippen LogP contribution in [0.1, 0.15) is 41.9 Å². The van der Waals surface area contributed by atoms with Gasteiger partial charge in [0.05, 0.1) is 11.4 Å². The van der Waals surface area contributed by atoms with Crippen LogP contribution in [0.4, 0.5) is 0 Å². The Morgan fingerprint density at radius 3 is 2.95 bits per heavy atom. The van der Waals surface area contributed by atoms with E-state index < -0.39 is 0 Å². The molecule has 0 unspecified atom stereocenters. The molecule has 1 aliphatic carbocycles. The molecule has 2 aromatic heterocycles. The second kappa shape index (κ2) is 4.99. The van der Waals surface area contributed by atoms with Gasteiger partial charge in [-0.05, 0) is 19.8 Å². The molecule has 1 saturated heterocycles. The van der Waals surface area contributed by atoms with Crippen LogP contribution in [0, 0.1) is 6.92 Å². The molecule has 8 heteroatoms. The Hall–Kier alpha value is -1.54. The van der Waals surface area contributed by atoms with Crippen LogP contribution in [0.2, 0.25) is 0 Å². The van der Waals surface area contributed by atoms with Crippen LogP contribution in [0.25, 0.3) is 4.96 Å². The van der Waals surface area contributed by atoms with Crippen molar-refractivity contribution in [3.05, 3.63) is 23.0 Å². The van der Waals surface area contributed by atoms with E-state index in [0.717, 1.165) is 30.6 Å². The highest BCUT2D eigenvalue weighted by molar-refractivity contribution is 8.01. The predicted molar refractivity (Wildman–Crippen MR) is 85.8 cm³/mol. The fourth-order valence-corrected chi connectivity index (χ4v) is 5.47. The first-order chi connectivity index (χ1) is 10.6. The number of nitrogens with zero attached hydrogens (tertiary/aromatic N) is 3. The van der Waals surface area contributed by atoms with Crippen LogP contribution in [0.3, 0.4) is 0 Å². The molecule has 1 spiro atoms. The number of hydrogen-bond donors (Lipinski definition) is 1. The molecule has 6 nitrogen and oxygen atoms in total. The van der Waals surface area contributed by atoms with E-state index in [4.69, 9.17) is 0 Å². The van der Waals surface area contributed by atoms with E-state index in [1.54, 1.807) is 21.2 Å². The molecule has 2 aromatic rings. The van der Waals surface area contributed by atoms with E-state index in [1.165, 1.54) is 11.3 Å². The van der Waals surface area contributed by atoms with E-state index in [0.29, 0.717) is 17.1 Å². The highest BCUT2D eigenvalue weighted by atomic mass is 32.2. The lowest BCUT2D eigenvalue weighted by Gasteiger charge is -2.33. The molecule has 116 valence electrons. The maximum Gasteiger partial charge on any atom is 0.288 e. The number of rotatable bonds is 2. The fourth-order valence-electron chi connectivity index (χ4n) is 3.33. The Labute approximate surface area is 135 Å². The Bertz CT molecular complexity index is 760. The van der Waals surface area contributed by atoms with E-state index in [9.17, 15) is 9.59 Å². The number of aryl methyl sites for hydroxylation is 1. The van der Waals surface area contributed by atoms with E-state index in [2.05, 4.69) is 10.4 Å². The summed E-state index contributed by atoms with van der Waals surface area (Å²) in [5.74, 6) is 0.175. The number of amides is 2. The molecule has 0 atom stereocenters. The molecule has 0 bridgehead atoms. The van der Waals surface area contributed by atoms with Crippen molar-refractivity contribution in [1.29, 1.82) is 0 Å². The molecule has 1 aliphatic heterocycles. The summed E-state index contributed by atoms with van der Waals surface area (Å²) < 4.78 is 1.78. The minimum Gasteiger partial charge on any atom is -0.286 e. The molecule has 3 heterocycles. The number of carbonyl (C=O) groups excluding carboxylic acids is 2. The summed E-state index contributed by atoms with van der Waals surface area (Å²) in [6, 6.07) is 0. The monoisotopic (exact) mass is 336 g/mol. The predicted octanol–water partition coefficient (Wildman–Crippen LogP) is 2.19. The van der Waals surface area contributed by atoms with Gasteiger partial charge in [0.25, 0.3) is 11.8 Å². The number of thiazole rings is 1. The van der Waals surface area contributed by atoms with E-state index in [-0.39, 0.29) is 16.7 Å². The first-order valence-corrected chi connectivity index (χ1v) is 9.17. The standard InChI is InChI=1S/C14H16N4O2S2/c1-9-11(17-6-7-21-13(17)15-9)12(20)16-18-10(19)8-22-14(18)4-2-3-5-14/h6-7H,2-5,8H2,1H3,(H,16,20). The van der Waals surface area contributed by atoms with Crippen LogP contribution in [0.15, 0.2) is 11.6 Å². The van der Waals surface area contributed by atoms with Gasteiger partial charge in [0.15, 0.2) is 4.96 Å². The molecular formula is C14H16N4O2S2. The van der Waals surface area contributed by atoms with Crippen molar-refractivity contribution in [2.45, 2.75) is 37.5 Å². The number of hydrogen-bond acceptors (Lipinski definition) is 5. The van der Waals surface area contributed by atoms with Crippen molar-refractivity contribution < 1.29 is 9.59 Å². The highest BCUT2D eigenvalue weighted by Crippen LogP contribution is 2.47. The summed E-state index contributed by atoms with van der Waals surface area (Å²) in [7, 11) is 0. The first-order valence-electron chi connectivity index (χ1n) is 7.31. The molecule has 0 radical (unpaired) electrons. The van der Waals surface area contributed by atoms with Gasteiger partial charge in [0.1, 0.15) is 10.6 Å². The quantitative estimate of drug-likeness (QED) is 0.913. The van der Waals surface area contributed by atoms with Gasteiger partial charge in [-0.2, -0.15) is 0 Å². The molecule has 2 fully saturated rings. The Morgan fingerprint density at radius 2 is 2.18 bits per heavy atom. The molecule has 22 heavy (non-hydrogen) atoms. The minimum absolute atomic E-state index is 0.0102. The second-order valence-corrected chi connectivity index (χ2v) is 7.92. The van der Waals surface area contributed by atoms with Crippen molar-refractivity contribution in [1.82, 2.24) is 19.8 Å². The summed E-state index contributed by atoms with van der Waals surface area (Å²) >= 11 is 3.15. The van der Waals surface area contributed by atoms with Gasteiger partial charge in [-0.3, -0.25) is 19.4 Å². The van der Waals surface area contributed by atoms with Gasteiger partial charge in [0, 0.05) is 11.6 Å². The van der Waals surface area contributed by atoms with Gasteiger partial charge in [0.2, 0.25) is 0 Å². The molecular weight excluding hydrogens is 320 g/mol. The lowest BCUT2D eigenvalue weighted by atomic mass is 10.2. The highest BCUT2D eigenvalue weighted by Gasteiger charge is 2.49. The third-order valence-electron chi connectivity index (χ3n) is 4.37. The number of imidazole rings is 1. The Balaban J connectivity index is 1.65. The van der Waals surface area contributed by atoms with Crippen molar-refractivity contribution in [2.75, 3.05) is 5.75 Å². The lowest BCUT2D eigenvalue weighted by Crippen LogP contribution is -2.53. The summed E-state index contributed by atoms with van der Waals surface area (Å²) in [6.45, 7) is 1.82. The van der Waals surface area contributed by atoms with Crippen molar-refractivity contribution in [3.63, 3.8) is 0 Å². The van der Waals surface area contributed by atoms with Crippen molar-refractivity contribution in [3.8, 4) is 0 Å². The number of thioether (sulfide) groups is 1. The minimum atomic E-state index is -0.259. The summed E-state index contributed by atoms with van der Waals surface area (Å²) in [4.78, 5) is 29.9. The maximum atomic E-state index is 12.7. The molecule has 1 saturated carbocycles. The molecule has 1 N–H and O–H groups in total. The maximum absolute atomic E-state index is 12.7. The smallest absolute Gasteiger partial charge is 0.286 e. The van der Waals surface area contributed by atoms with Gasteiger partial charge in [-0.25, -0.2) is 9.99 Å². The van der Waals surface area contributed by atoms with Crippen LogP contribution >= 0.6 is 23.1 Å². The average molecular weight is 336 g/mol. The summed E-state index contributed by atoms with van der Waals surface area (Å²) in [5, 5.41) is 3.48. The topological polar surface area (TPSA) is 66.7 Å². The molecule has 2 amide bonds. The Kier molecular flexibility index (Phi) is 3.19. The summed E-state index contributed by atoms with van der Waals surface area (Å²) in [5.41, 5.74) is 4.05. The normalized spacial score (nSPS) is 20.4. The van der Waals surface area contributed by atoms with E-state index >= 15 is 0 Å². The summed E-state index contributed by atoms with van der Waals surface area (Å²) in [6.07, 6.45) is 5.94. The number of carbonyl (C=O) groups is 2. The van der Waals surface area contributed by atoms with Gasteiger partial charge < -0.3 is 0 Å². The zero-order valence-electron chi connectivity index (χ0n) is 12.2. The van der Waals surface area contributed by atoms with Gasteiger partial charge >= 0.3 is 0 Å². The number of fused-ring (bicyclic) bond motifs is 1. The Morgan fingerprint density at radius 1 is 1.41 bits per heavy atom. The zero-order chi connectivity index (χ0) is 15.3. The third kappa shape index (κ3) is 1.97. The largest absolute Gasteiger partial charge is 0.288 e. The number of hydrazine groups is 1. The van der Waals surface area contributed by atoms with Crippen molar-refractivity contribution in [2.24, 2.45) is 0 Å². The average Bonchev–Trinajstić information content (AvgIpc) is 3.21. The van der Waals surface area contributed by atoms with Crippen molar-refractivity contribution >= 4 is 39.9 Å². The van der Waals surface area contributed by atoms with Crippen LogP contribution in [-0.2, 0) is 4.79 Å². The fraction of sp³-hybridized carbons (Fsp3) is 0.500.